The first kappa shape index (κ1) is 11.4. The van der Waals surface area contributed by atoms with Gasteiger partial charge >= 0.3 is 5.97 Å². The Hall–Kier alpha value is -2.04. The van der Waals surface area contributed by atoms with Gasteiger partial charge in [-0.25, -0.2) is 4.79 Å². The molecule has 0 saturated heterocycles. The number of hydrogen-bond acceptors (Lipinski definition) is 4. The van der Waals surface area contributed by atoms with Crippen LogP contribution in [0.25, 0.3) is 0 Å². The van der Waals surface area contributed by atoms with Gasteiger partial charge in [0.2, 0.25) is 0 Å². The fourth-order valence-electron chi connectivity index (χ4n) is 1.95. The monoisotopic (exact) mass is 236 g/mol. The van der Waals surface area contributed by atoms with Crippen LogP contribution in [0.3, 0.4) is 0 Å². The number of carboxylic acid groups (broad SMARTS) is 1. The maximum Gasteiger partial charge on any atom is 0.344 e. The fraction of sp³-hybridized carbons (Fsp3) is 0.333. The van der Waals surface area contributed by atoms with Gasteiger partial charge in [-0.1, -0.05) is 6.07 Å². The van der Waals surface area contributed by atoms with Crippen LogP contribution in [0.4, 0.5) is 0 Å². The average Bonchev–Trinajstić information content (AvgIpc) is 2.27. The average molecular weight is 236 g/mol. The van der Waals surface area contributed by atoms with Crippen LogP contribution in [0.5, 0.6) is 11.5 Å². The molecule has 2 N–H and O–H groups in total. The second kappa shape index (κ2) is 4.08. The molecule has 1 aliphatic rings. The van der Waals surface area contributed by atoms with Crippen molar-refractivity contribution >= 4 is 11.8 Å². The Balaban J connectivity index is 2.50. The van der Waals surface area contributed by atoms with E-state index < -0.39 is 12.1 Å². The van der Waals surface area contributed by atoms with Crippen LogP contribution in [-0.2, 0) is 11.2 Å². The summed E-state index contributed by atoms with van der Waals surface area (Å²) in [4.78, 5) is 22.3. The summed E-state index contributed by atoms with van der Waals surface area (Å²) >= 11 is 0. The molecule has 1 aliphatic heterocycles. The third-order valence-electron chi connectivity index (χ3n) is 2.78. The Kier molecular flexibility index (Phi) is 2.75. The number of Topliss-reactive ketones (excluding diaryl/α,β-unsaturated/α-hetero) is 1. The minimum absolute atomic E-state index is 0.0634. The summed E-state index contributed by atoms with van der Waals surface area (Å²) in [6.07, 6.45) is -0.0699. The van der Waals surface area contributed by atoms with Crippen molar-refractivity contribution in [3.8, 4) is 11.5 Å². The highest BCUT2D eigenvalue weighted by Gasteiger charge is 2.29. The number of phenols is 1. The number of carbonyl (C=O) groups is 2. The number of aliphatic carboxylic acids is 1. The van der Waals surface area contributed by atoms with E-state index in [-0.39, 0.29) is 22.8 Å². The van der Waals surface area contributed by atoms with Crippen LogP contribution in [-0.4, -0.2) is 28.1 Å². The number of benzene rings is 1. The topological polar surface area (TPSA) is 83.8 Å². The van der Waals surface area contributed by atoms with E-state index in [1.165, 1.54) is 13.0 Å². The van der Waals surface area contributed by atoms with Crippen LogP contribution >= 0.6 is 0 Å². The molecule has 1 aromatic carbocycles. The van der Waals surface area contributed by atoms with Gasteiger partial charge in [0.25, 0.3) is 0 Å². The molecule has 1 unspecified atom stereocenters. The number of ether oxygens (including phenoxy) is 1. The Morgan fingerprint density at radius 1 is 1.41 bits per heavy atom. The van der Waals surface area contributed by atoms with Gasteiger partial charge in [-0.15, -0.1) is 0 Å². The first-order chi connectivity index (χ1) is 8.00. The van der Waals surface area contributed by atoms with E-state index in [1.807, 2.05) is 0 Å². The van der Waals surface area contributed by atoms with Crippen LogP contribution in [0.15, 0.2) is 12.1 Å². The normalized spacial score (nSPS) is 18.1. The summed E-state index contributed by atoms with van der Waals surface area (Å²) in [5.74, 6) is -1.38. The zero-order valence-electron chi connectivity index (χ0n) is 9.27. The zero-order valence-corrected chi connectivity index (χ0v) is 9.27. The molecule has 90 valence electrons. The van der Waals surface area contributed by atoms with Gasteiger partial charge in [0.15, 0.2) is 11.9 Å². The van der Waals surface area contributed by atoms with Gasteiger partial charge < -0.3 is 14.9 Å². The van der Waals surface area contributed by atoms with Crippen molar-refractivity contribution < 1.29 is 24.5 Å². The van der Waals surface area contributed by atoms with Gasteiger partial charge in [0.1, 0.15) is 17.1 Å². The van der Waals surface area contributed by atoms with Crippen molar-refractivity contribution in [1.82, 2.24) is 0 Å². The first-order valence-corrected chi connectivity index (χ1v) is 5.26. The lowest BCUT2D eigenvalue weighted by atomic mass is 9.97. The highest BCUT2D eigenvalue weighted by atomic mass is 16.5. The highest BCUT2D eigenvalue weighted by Crippen LogP contribution is 2.36. The molecule has 0 saturated carbocycles. The molecule has 0 aromatic heterocycles. The molecule has 2 rings (SSSR count). The van der Waals surface area contributed by atoms with E-state index in [9.17, 15) is 14.7 Å². The number of carboxylic acids is 1. The third kappa shape index (κ3) is 1.95. The summed E-state index contributed by atoms with van der Waals surface area (Å²) in [5.41, 5.74) is 0.818. The molecule has 0 radical (unpaired) electrons. The largest absolute Gasteiger partial charge is 0.507 e. The Labute approximate surface area is 97.6 Å². The van der Waals surface area contributed by atoms with Gasteiger partial charge in [-0.2, -0.15) is 0 Å². The zero-order chi connectivity index (χ0) is 12.6. The number of phenolic OH excluding ortho intramolecular Hbond substituents is 1. The Bertz CT molecular complexity index is 492. The van der Waals surface area contributed by atoms with Crippen molar-refractivity contribution in [3.05, 3.63) is 23.3 Å². The summed E-state index contributed by atoms with van der Waals surface area (Å²) in [6.45, 7) is 1.31. The molecule has 1 aromatic rings. The SMILES string of the molecule is CC(=O)c1c(O)ccc2c1OC(C(=O)O)CC2. The first-order valence-electron chi connectivity index (χ1n) is 5.26. The molecular formula is C12H12O5. The summed E-state index contributed by atoms with van der Waals surface area (Å²) in [5, 5.41) is 18.5. The number of fused-ring (bicyclic) bond motifs is 1. The number of rotatable bonds is 2. The van der Waals surface area contributed by atoms with E-state index in [4.69, 9.17) is 9.84 Å². The minimum Gasteiger partial charge on any atom is -0.507 e. The number of aromatic hydroxyl groups is 1. The molecule has 0 fully saturated rings. The minimum atomic E-state index is -1.06. The van der Waals surface area contributed by atoms with Crippen LogP contribution < -0.4 is 4.74 Å². The van der Waals surface area contributed by atoms with Crippen molar-refractivity contribution in [2.24, 2.45) is 0 Å². The maximum absolute atomic E-state index is 11.4. The van der Waals surface area contributed by atoms with Crippen LogP contribution in [0.1, 0.15) is 29.3 Å². The van der Waals surface area contributed by atoms with Crippen molar-refractivity contribution in [2.45, 2.75) is 25.9 Å². The predicted molar refractivity (Wildman–Crippen MR) is 58.5 cm³/mol. The second-order valence-corrected chi connectivity index (χ2v) is 3.99. The lowest BCUT2D eigenvalue weighted by Crippen LogP contribution is -2.31. The molecule has 0 amide bonds. The summed E-state index contributed by atoms with van der Waals surface area (Å²) in [6, 6.07) is 3.08. The molecule has 1 atom stereocenters. The van der Waals surface area contributed by atoms with Gasteiger partial charge in [0.05, 0.1) is 0 Å². The summed E-state index contributed by atoms with van der Waals surface area (Å²) < 4.78 is 5.29. The maximum atomic E-state index is 11.4. The number of aryl methyl sites for hydroxylation is 1. The highest BCUT2D eigenvalue weighted by molar-refractivity contribution is 6.00. The van der Waals surface area contributed by atoms with E-state index in [0.29, 0.717) is 12.8 Å². The van der Waals surface area contributed by atoms with E-state index >= 15 is 0 Å². The van der Waals surface area contributed by atoms with Crippen molar-refractivity contribution in [1.29, 1.82) is 0 Å². The van der Waals surface area contributed by atoms with E-state index in [0.717, 1.165) is 5.56 Å². The molecule has 5 nitrogen and oxygen atoms in total. The van der Waals surface area contributed by atoms with Crippen molar-refractivity contribution in [2.75, 3.05) is 0 Å². The van der Waals surface area contributed by atoms with Gasteiger partial charge in [-0.05, 0) is 31.4 Å². The second-order valence-electron chi connectivity index (χ2n) is 3.99. The quantitative estimate of drug-likeness (QED) is 0.758. The summed E-state index contributed by atoms with van der Waals surface area (Å²) in [7, 11) is 0. The van der Waals surface area contributed by atoms with E-state index in [2.05, 4.69) is 0 Å². The number of ketones is 1. The Morgan fingerprint density at radius 2 is 2.12 bits per heavy atom. The fourth-order valence-corrected chi connectivity index (χ4v) is 1.95. The molecule has 0 spiro atoms. The molecule has 1 heterocycles. The molecule has 5 heteroatoms. The Morgan fingerprint density at radius 3 is 2.71 bits per heavy atom. The van der Waals surface area contributed by atoms with E-state index in [1.54, 1.807) is 6.07 Å². The third-order valence-corrected chi connectivity index (χ3v) is 2.78. The predicted octanol–water partition coefficient (Wildman–Crippen LogP) is 1.37. The molecule has 0 aliphatic carbocycles. The molecular weight excluding hydrogens is 224 g/mol. The van der Waals surface area contributed by atoms with Gasteiger partial charge in [-0.3, -0.25) is 4.79 Å². The lowest BCUT2D eigenvalue weighted by Gasteiger charge is -2.25. The molecule has 17 heavy (non-hydrogen) atoms. The number of carbonyl (C=O) groups excluding carboxylic acids is 1. The van der Waals surface area contributed by atoms with Crippen LogP contribution in [0.2, 0.25) is 0 Å². The van der Waals surface area contributed by atoms with Crippen molar-refractivity contribution in [3.63, 3.8) is 0 Å². The number of hydrogen-bond donors (Lipinski definition) is 2. The lowest BCUT2D eigenvalue weighted by molar-refractivity contribution is -0.145. The van der Waals surface area contributed by atoms with Crippen LogP contribution in [0, 0.1) is 0 Å². The van der Waals surface area contributed by atoms with Gasteiger partial charge in [0, 0.05) is 0 Å². The smallest absolute Gasteiger partial charge is 0.344 e. The standard InChI is InChI=1S/C12H12O5/c1-6(13)10-8(14)4-2-7-3-5-9(12(15)16)17-11(7)10/h2,4,9,14H,3,5H2,1H3,(H,15,16). The molecule has 0 bridgehead atoms.